The third-order valence-corrected chi connectivity index (χ3v) is 3.70. The fourth-order valence-electron chi connectivity index (χ4n) is 2.56. The minimum Gasteiger partial charge on any atom is -0.334 e. The molecule has 3 nitrogen and oxygen atoms in total. The molecule has 0 bridgehead atoms. The van der Waals surface area contributed by atoms with Crippen LogP contribution in [0.1, 0.15) is 5.56 Å². The van der Waals surface area contributed by atoms with Crippen LogP contribution in [0.15, 0.2) is 71.3 Å². The van der Waals surface area contributed by atoms with Crippen LogP contribution in [0.5, 0.6) is 0 Å². The zero-order valence-electron chi connectivity index (χ0n) is 12.2. The molecular weight excluding hydrogens is 272 g/mol. The molecule has 0 aliphatic carbocycles. The Morgan fingerprint density at radius 2 is 1.64 bits per heavy atom. The maximum Gasteiger partial charge on any atom is 0.258 e. The van der Waals surface area contributed by atoms with Crippen LogP contribution in [0.3, 0.4) is 0 Å². The van der Waals surface area contributed by atoms with E-state index in [-0.39, 0.29) is 0 Å². The van der Waals surface area contributed by atoms with Crippen molar-refractivity contribution in [2.45, 2.75) is 6.92 Å². The SMILES string of the molecule is Cc1cccc(-c2noc(-c3ccc4ccccc4c3)n2)c1. The van der Waals surface area contributed by atoms with E-state index in [1.54, 1.807) is 0 Å². The second-order valence-electron chi connectivity index (χ2n) is 5.35. The molecule has 3 aromatic carbocycles. The van der Waals surface area contributed by atoms with E-state index in [0.717, 1.165) is 16.5 Å². The van der Waals surface area contributed by atoms with E-state index in [4.69, 9.17) is 4.52 Å². The number of benzene rings is 3. The van der Waals surface area contributed by atoms with Crippen molar-refractivity contribution in [1.82, 2.24) is 10.1 Å². The van der Waals surface area contributed by atoms with Gasteiger partial charge in [-0.25, -0.2) is 0 Å². The Morgan fingerprint density at radius 1 is 0.773 bits per heavy atom. The maximum atomic E-state index is 5.43. The molecule has 3 heteroatoms. The van der Waals surface area contributed by atoms with Crippen LogP contribution in [-0.2, 0) is 0 Å². The summed E-state index contributed by atoms with van der Waals surface area (Å²) in [7, 11) is 0. The van der Waals surface area contributed by atoms with Crippen LogP contribution in [0.4, 0.5) is 0 Å². The van der Waals surface area contributed by atoms with Gasteiger partial charge in [-0.2, -0.15) is 4.98 Å². The lowest BCUT2D eigenvalue weighted by Crippen LogP contribution is -1.82. The van der Waals surface area contributed by atoms with Gasteiger partial charge in [-0.3, -0.25) is 0 Å². The van der Waals surface area contributed by atoms with E-state index in [1.165, 1.54) is 10.9 Å². The van der Waals surface area contributed by atoms with Gasteiger partial charge in [-0.05, 0) is 35.9 Å². The van der Waals surface area contributed by atoms with Gasteiger partial charge in [0.15, 0.2) is 0 Å². The first-order valence-corrected chi connectivity index (χ1v) is 7.19. The highest BCUT2D eigenvalue weighted by molar-refractivity contribution is 5.86. The first-order valence-electron chi connectivity index (χ1n) is 7.19. The van der Waals surface area contributed by atoms with E-state index in [0.29, 0.717) is 11.7 Å². The topological polar surface area (TPSA) is 38.9 Å². The third-order valence-electron chi connectivity index (χ3n) is 3.70. The van der Waals surface area contributed by atoms with Gasteiger partial charge in [0.2, 0.25) is 5.82 Å². The second kappa shape index (κ2) is 5.11. The summed E-state index contributed by atoms with van der Waals surface area (Å²) in [5.41, 5.74) is 3.08. The van der Waals surface area contributed by atoms with Gasteiger partial charge in [0.25, 0.3) is 5.89 Å². The number of hydrogen-bond donors (Lipinski definition) is 0. The quantitative estimate of drug-likeness (QED) is 0.528. The molecule has 4 aromatic rings. The molecule has 0 atom stereocenters. The minimum atomic E-state index is 0.544. The van der Waals surface area contributed by atoms with Gasteiger partial charge in [0, 0.05) is 11.1 Å². The summed E-state index contributed by atoms with van der Waals surface area (Å²) >= 11 is 0. The van der Waals surface area contributed by atoms with Crippen molar-refractivity contribution in [3.8, 4) is 22.8 Å². The first kappa shape index (κ1) is 12.8. The fourth-order valence-corrected chi connectivity index (χ4v) is 2.56. The summed E-state index contributed by atoms with van der Waals surface area (Å²) in [5, 5.41) is 6.46. The van der Waals surface area contributed by atoms with Gasteiger partial charge < -0.3 is 4.52 Å². The molecule has 0 fully saturated rings. The van der Waals surface area contributed by atoms with Gasteiger partial charge in [-0.1, -0.05) is 59.3 Å². The van der Waals surface area contributed by atoms with E-state index in [1.807, 2.05) is 43.3 Å². The van der Waals surface area contributed by atoms with Crippen LogP contribution >= 0.6 is 0 Å². The summed E-state index contributed by atoms with van der Waals surface area (Å²) < 4.78 is 5.43. The van der Waals surface area contributed by atoms with Gasteiger partial charge in [0.05, 0.1) is 0 Å². The minimum absolute atomic E-state index is 0.544. The predicted molar refractivity (Wildman–Crippen MR) is 87.4 cm³/mol. The van der Waals surface area contributed by atoms with Gasteiger partial charge in [0.1, 0.15) is 0 Å². The summed E-state index contributed by atoms with van der Waals surface area (Å²) in [4.78, 5) is 4.52. The van der Waals surface area contributed by atoms with Crippen LogP contribution in [0.2, 0.25) is 0 Å². The number of fused-ring (bicyclic) bond motifs is 1. The summed E-state index contributed by atoms with van der Waals surface area (Å²) in [5.74, 6) is 1.16. The predicted octanol–water partition coefficient (Wildman–Crippen LogP) is 4.87. The molecule has 0 saturated carbocycles. The zero-order chi connectivity index (χ0) is 14.9. The van der Waals surface area contributed by atoms with E-state index in [9.17, 15) is 0 Å². The van der Waals surface area contributed by atoms with Gasteiger partial charge >= 0.3 is 0 Å². The number of rotatable bonds is 2. The van der Waals surface area contributed by atoms with Crippen molar-refractivity contribution in [1.29, 1.82) is 0 Å². The highest BCUT2D eigenvalue weighted by Gasteiger charge is 2.11. The van der Waals surface area contributed by atoms with E-state index in [2.05, 4.69) is 40.5 Å². The molecule has 0 radical (unpaired) electrons. The summed E-state index contributed by atoms with van der Waals surface area (Å²) in [6, 6.07) is 22.5. The number of aryl methyl sites for hydroxylation is 1. The Labute approximate surface area is 128 Å². The Kier molecular flexibility index (Phi) is 2.97. The normalized spacial score (nSPS) is 11.0. The summed E-state index contributed by atoms with van der Waals surface area (Å²) in [6.45, 7) is 2.05. The van der Waals surface area contributed by atoms with Crippen LogP contribution in [0.25, 0.3) is 33.6 Å². The third kappa shape index (κ3) is 2.27. The van der Waals surface area contributed by atoms with E-state index >= 15 is 0 Å². The number of aromatic nitrogens is 2. The molecule has 0 amide bonds. The molecule has 4 rings (SSSR count). The second-order valence-corrected chi connectivity index (χ2v) is 5.35. The van der Waals surface area contributed by atoms with E-state index < -0.39 is 0 Å². The lowest BCUT2D eigenvalue weighted by molar-refractivity contribution is 0.432. The highest BCUT2D eigenvalue weighted by Crippen LogP contribution is 2.25. The summed E-state index contributed by atoms with van der Waals surface area (Å²) in [6.07, 6.45) is 0. The lowest BCUT2D eigenvalue weighted by Gasteiger charge is -1.99. The Morgan fingerprint density at radius 3 is 2.50 bits per heavy atom. The Bertz CT molecular complexity index is 956. The highest BCUT2D eigenvalue weighted by atomic mass is 16.5. The average molecular weight is 286 g/mol. The molecule has 0 unspecified atom stereocenters. The van der Waals surface area contributed by atoms with Crippen molar-refractivity contribution < 1.29 is 4.52 Å². The smallest absolute Gasteiger partial charge is 0.258 e. The molecule has 106 valence electrons. The molecule has 0 spiro atoms. The average Bonchev–Trinajstić information content (AvgIpc) is 3.04. The molecule has 0 saturated heterocycles. The Hall–Kier alpha value is -2.94. The van der Waals surface area contributed by atoms with Crippen molar-refractivity contribution in [2.75, 3.05) is 0 Å². The number of nitrogens with zero attached hydrogens (tertiary/aromatic N) is 2. The van der Waals surface area contributed by atoms with Crippen molar-refractivity contribution in [3.63, 3.8) is 0 Å². The van der Waals surface area contributed by atoms with Crippen molar-refractivity contribution >= 4 is 10.8 Å². The molecule has 1 heterocycles. The zero-order valence-corrected chi connectivity index (χ0v) is 12.2. The molecular formula is C19H14N2O. The van der Waals surface area contributed by atoms with Gasteiger partial charge in [-0.15, -0.1) is 0 Å². The molecule has 0 aliphatic rings. The monoisotopic (exact) mass is 286 g/mol. The number of hydrogen-bond acceptors (Lipinski definition) is 3. The fraction of sp³-hybridized carbons (Fsp3) is 0.0526. The maximum absolute atomic E-state index is 5.43. The lowest BCUT2D eigenvalue weighted by atomic mass is 10.1. The molecule has 0 aliphatic heterocycles. The van der Waals surface area contributed by atoms with Crippen molar-refractivity contribution in [2.24, 2.45) is 0 Å². The largest absolute Gasteiger partial charge is 0.334 e. The van der Waals surface area contributed by atoms with Crippen molar-refractivity contribution in [3.05, 3.63) is 72.3 Å². The first-order chi connectivity index (χ1) is 10.8. The standard InChI is InChI=1S/C19H14N2O/c1-13-5-4-8-16(11-13)18-20-19(22-21-18)17-10-9-14-6-2-3-7-15(14)12-17/h2-12H,1H3. The van der Waals surface area contributed by atoms with Crippen LogP contribution in [0, 0.1) is 6.92 Å². The molecule has 1 aromatic heterocycles. The van der Waals surface area contributed by atoms with Crippen LogP contribution < -0.4 is 0 Å². The van der Waals surface area contributed by atoms with Crippen LogP contribution in [-0.4, -0.2) is 10.1 Å². The molecule has 22 heavy (non-hydrogen) atoms. The molecule has 0 N–H and O–H groups in total. The Balaban J connectivity index is 1.76.